The molecule has 1 rings (SSSR count). The fourth-order valence-electron chi connectivity index (χ4n) is 1.09. The maximum atomic E-state index is 13.1. The van der Waals surface area contributed by atoms with Crippen LogP contribution in [0.5, 0.6) is 0 Å². The summed E-state index contributed by atoms with van der Waals surface area (Å²) in [7, 11) is 0. The standard InChI is InChI=1S/C9H8BrF3O/c1-4(14)2-5-3-6(10)8(12)9(13)7(5)11/h3-4,14H,2H2,1H3. The number of halogens is 4. The molecular formula is C9H8BrF3O. The minimum atomic E-state index is -1.52. The molecule has 0 fully saturated rings. The van der Waals surface area contributed by atoms with Gasteiger partial charge in [-0.2, -0.15) is 0 Å². The van der Waals surface area contributed by atoms with Gasteiger partial charge in [0.25, 0.3) is 0 Å². The third-order valence-corrected chi connectivity index (χ3v) is 2.27. The lowest BCUT2D eigenvalue weighted by Crippen LogP contribution is -2.08. The molecule has 0 heterocycles. The maximum Gasteiger partial charge on any atom is 0.195 e. The Balaban J connectivity index is 3.19. The normalized spacial score (nSPS) is 13.0. The van der Waals surface area contributed by atoms with E-state index in [0.29, 0.717) is 0 Å². The van der Waals surface area contributed by atoms with Crippen LogP contribution < -0.4 is 0 Å². The minimum Gasteiger partial charge on any atom is -0.393 e. The van der Waals surface area contributed by atoms with E-state index in [1.165, 1.54) is 6.92 Å². The molecule has 0 aliphatic heterocycles. The second-order valence-corrected chi connectivity index (χ2v) is 3.87. The Morgan fingerprint density at radius 3 is 2.36 bits per heavy atom. The highest BCUT2D eigenvalue weighted by Gasteiger charge is 2.17. The Labute approximate surface area is 87.7 Å². The number of benzene rings is 1. The molecule has 1 nitrogen and oxygen atoms in total. The molecule has 0 aliphatic carbocycles. The average Bonchev–Trinajstić information content (AvgIpc) is 2.10. The lowest BCUT2D eigenvalue weighted by molar-refractivity contribution is 0.193. The molecule has 1 aromatic rings. The quantitative estimate of drug-likeness (QED) is 0.646. The van der Waals surface area contributed by atoms with Gasteiger partial charge in [0.05, 0.1) is 10.6 Å². The SMILES string of the molecule is CC(O)Cc1cc(Br)c(F)c(F)c1F. The number of aliphatic hydroxyl groups excluding tert-OH is 1. The molecular weight excluding hydrogens is 261 g/mol. The first kappa shape index (κ1) is 11.5. The van der Waals surface area contributed by atoms with E-state index >= 15 is 0 Å². The van der Waals surface area contributed by atoms with Gasteiger partial charge in [0, 0.05) is 6.42 Å². The summed E-state index contributed by atoms with van der Waals surface area (Å²) < 4.78 is 38.5. The zero-order chi connectivity index (χ0) is 10.9. The summed E-state index contributed by atoms with van der Waals surface area (Å²) in [6.07, 6.45) is -0.858. The summed E-state index contributed by atoms with van der Waals surface area (Å²) in [5, 5.41) is 8.98. The smallest absolute Gasteiger partial charge is 0.195 e. The first-order valence-electron chi connectivity index (χ1n) is 3.93. The lowest BCUT2D eigenvalue weighted by atomic mass is 10.1. The van der Waals surface area contributed by atoms with Gasteiger partial charge in [-0.3, -0.25) is 0 Å². The second kappa shape index (κ2) is 4.31. The van der Waals surface area contributed by atoms with Gasteiger partial charge in [0.15, 0.2) is 17.5 Å². The third-order valence-electron chi connectivity index (χ3n) is 1.69. The number of rotatable bonds is 2. The van der Waals surface area contributed by atoms with Crippen molar-refractivity contribution in [2.45, 2.75) is 19.4 Å². The fraction of sp³-hybridized carbons (Fsp3) is 0.333. The van der Waals surface area contributed by atoms with Crippen molar-refractivity contribution in [3.05, 3.63) is 33.6 Å². The van der Waals surface area contributed by atoms with Gasteiger partial charge >= 0.3 is 0 Å². The monoisotopic (exact) mass is 268 g/mol. The van der Waals surface area contributed by atoms with Gasteiger partial charge in [-0.25, -0.2) is 13.2 Å². The van der Waals surface area contributed by atoms with Crippen molar-refractivity contribution in [1.29, 1.82) is 0 Å². The highest BCUT2D eigenvalue weighted by atomic mass is 79.9. The average molecular weight is 269 g/mol. The van der Waals surface area contributed by atoms with Crippen LogP contribution in [0.4, 0.5) is 13.2 Å². The molecule has 14 heavy (non-hydrogen) atoms. The van der Waals surface area contributed by atoms with E-state index in [0.717, 1.165) is 6.07 Å². The molecule has 0 amide bonds. The maximum absolute atomic E-state index is 13.1. The van der Waals surface area contributed by atoms with Gasteiger partial charge in [0.1, 0.15) is 0 Å². The van der Waals surface area contributed by atoms with E-state index in [1.807, 2.05) is 0 Å². The molecule has 0 saturated carbocycles. The number of aliphatic hydroxyl groups is 1. The molecule has 5 heteroatoms. The van der Waals surface area contributed by atoms with Crippen molar-refractivity contribution in [2.75, 3.05) is 0 Å². The van der Waals surface area contributed by atoms with Crippen molar-refractivity contribution in [2.24, 2.45) is 0 Å². The summed E-state index contributed by atoms with van der Waals surface area (Å²) in [5.41, 5.74) is -0.0502. The summed E-state index contributed by atoms with van der Waals surface area (Å²) in [6.45, 7) is 1.44. The predicted octanol–water partition coefficient (Wildman–Crippen LogP) is 2.79. The van der Waals surface area contributed by atoms with Gasteiger partial charge in [-0.05, 0) is 34.5 Å². The van der Waals surface area contributed by atoms with Crippen LogP contribution in [0.2, 0.25) is 0 Å². The molecule has 1 atom stereocenters. The van der Waals surface area contributed by atoms with E-state index in [9.17, 15) is 13.2 Å². The second-order valence-electron chi connectivity index (χ2n) is 3.01. The highest BCUT2D eigenvalue weighted by Crippen LogP contribution is 2.24. The Bertz CT molecular complexity index is 352. The summed E-state index contributed by atoms with van der Waals surface area (Å²) in [4.78, 5) is 0. The van der Waals surface area contributed by atoms with Crippen LogP contribution in [0, 0.1) is 17.5 Å². The molecule has 1 unspecified atom stereocenters. The largest absolute Gasteiger partial charge is 0.393 e. The van der Waals surface area contributed by atoms with Crippen LogP contribution in [0.1, 0.15) is 12.5 Å². The lowest BCUT2D eigenvalue weighted by Gasteiger charge is -2.08. The van der Waals surface area contributed by atoms with Gasteiger partial charge in [-0.1, -0.05) is 0 Å². The zero-order valence-electron chi connectivity index (χ0n) is 7.32. The first-order valence-corrected chi connectivity index (χ1v) is 4.72. The fourth-order valence-corrected chi connectivity index (χ4v) is 1.54. The Morgan fingerprint density at radius 2 is 1.86 bits per heavy atom. The van der Waals surface area contributed by atoms with E-state index in [2.05, 4.69) is 15.9 Å². The van der Waals surface area contributed by atoms with Crippen molar-refractivity contribution >= 4 is 15.9 Å². The van der Waals surface area contributed by atoms with Crippen molar-refractivity contribution in [1.82, 2.24) is 0 Å². The molecule has 0 spiro atoms. The Morgan fingerprint density at radius 1 is 1.29 bits per heavy atom. The summed E-state index contributed by atoms with van der Waals surface area (Å²) >= 11 is 2.76. The van der Waals surface area contributed by atoms with Crippen LogP contribution >= 0.6 is 15.9 Å². The van der Waals surface area contributed by atoms with Gasteiger partial charge < -0.3 is 5.11 Å². The summed E-state index contributed by atoms with van der Waals surface area (Å²) in [6, 6.07) is 1.13. The van der Waals surface area contributed by atoms with Crippen LogP contribution in [0.25, 0.3) is 0 Å². The minimum absolute atomic E-state index is 0.0502. The summed E-state index contributed by atoms with van der Waals surface area (Å²) in [5.74, 6) is -4.02. The molecule has 0 radical (unpaired) electrons. The molecule has 1 aromatic carbocycles. The van der Waals surface area contributed by atoms with Crippen molar-refractivity contribution in [3.8, 4) is 0 Å². The molecule has 0 bridgehead atoms. The molecule has 0 saturated heterocycles. The van der Waals surface area contributed by atoms with Crippen molar-refractivity contribution in [3.63, 3.8) is 0 Å². The van der Waals surface area contributed by atoms with Crippen LogP contribution in [0.3, 0.4) is 0 Å². The van der Waals surface area contributed by atoms with E-state index < -0.39 is 23.6 Å². The predicted molar refractivity (Wildman–Crippen MR) is 49.4 cm³/mol. The van der Waals surface area contributed by atoms with Crippen molar-refractivity contribution < 1.29 is 18.3 Å². The van der Waals surface area contributed by atoms with Gasteiger partial charge in [0.2, 0.25) is 0 Å². The van der Waals surface area contributed by atoms with E-state index in [1.54, 1.807) is 0 Å². The Hall–Kier alpha value is -0.550. The van der Waals surface area contributed by atoms with Crippen LogP contribution in [-0.2, 0) is 6.42 Å². The first-order chi connectivity index (χ1) is 6.43. The topological polar surface area (TPSA) is 20.2 Å². The molecule has 0 aromatic heterocycles. The molecule has 1 N–H and O–H groups in total. The number of hydrogen-bond donors (Lipinski definition) is 1. The highest BCUT2D eigenvalue weighted by molar-refractivity contribution is 9.10. The number of hydrogen-bond acceptors (Lipinski definition) is 1. The van der Waals surface area contributed by atoms with E-state index in [-0.39, 0.29) is 16.5 Å². The zero-order valence-corrected chi connectivity index (χ0v) is 8.91. The van der Waals surface area contributed by atoms with Crippen LogP contribution in [0.15, 0.2) is 10.5 Å². The molecule has 78 valence electrons. The third kappa shape index (κ3) is 2.27. The van der Waals surface area contributed by atoms with Crippen LogP contribution in [-0.4, -0.2) is 11.2 Å². The van der Waals surface area contributed by atoms with Gasteiger partial charge in [-0.15, -0.1) is 0 Å². The molecule has 0 aliphatic rings. The Kier molecular flexibility index (Phi) is 3.55. The van der Waals surface area contributed by atoms with E-state index in [4.69, 9.17) is 5.11 Å².